The Hall–Kier alpha value is -1.59. The summed E-state index contributed by atoms with van der Waals surface area (Å²) in [5.41, 5.74) is 0.917. The van der Waals surface area contributed by atoms with Crippen molar-refractivity contribution >= 4 is 14.3 Å². The standard InChI is InChI=1S/C36H58O8Si/c1-11-36(32-30(41-35(9,10)42-32)34(43-36)39-23-27-19-17-16-18-20-27)31-25(7)22-28(40-31)29(44-45(13-3,14-4)15-5)24(6)21-26(8)33(37)38-12-2/h16-21,24-25,28-32,34H,11-15,22-23H2,1-10H3/b26-21+/t24-,25-,28+,29-,30-,31+,32+,34-,36+/m0/s1. The van der Waals surface area contributed by atoms with E-state index in [1.807, 2.05) is 64.1 Å². The molecule has 1 aromatic carbocycles. The summed E-state index contributed by atoms with van der Waals surface area (Å²) < 4.78 is 46.0. The fourth-order valence-electron chi connectivity index (χ4n) is 7.60. The maximum absolute atomic E-state index is 12.6. The van der Waals surface area contributed by atoms with Gasteiger partial charge < -0.3 is 32.8 Å². The van der Waals surface area contributed by atoms with Crippen LogP contribution in [0.4, 0.5) is 0 Å². The first-order chi connectivity index (χ1) is 21.4. The van der Waals surface area contributed by atoms with Gasteiger partial charge in [-0.1, -0.05) is 78.0 Å². The Bertz CT molecular complexity index is 1130. The minimum absolute atomic E-state index is 0.0522. The Morgan fingerprint density at radius 2 is 1.69 bits per heavy atom. The van der Waals surface area contributed by atoms with Crippen LogP contribution in [0.5, 0.6) is 0 Å². The lowest BCUT2D eigenvalue weighted by Crippen LogP contribution is -2.54. The summed E-state index contributed by atoms with van der Waals surface area (Å²) in [7, 11) is -2.02. The second kappa shape index (κ2) is 15.1. The van der Waals surface area contributed by atoms with E-state index in [1.54, 1.807) is 0 Å². The molecule has 3 aliphatic rings. The number of hydrogen-bond acceptors (Lipinski definition) is 8. The van der Waals surface area contributed by atoms with E-state index in [0.29, 0.717) is 25.2 Å². The summed E-state index contributed by atoms with van der Waals surface area (Å²) in [6, 6.07) is 13.2. The van der Waals surface area contributed by atoms with Crippen molar-refractivity contribution in [3.63, 3.8) is 0 Å². The van der Waals surface area contributed by atoms with E-state index in [2.05, 4.69) is 41.5 Å². The highest BCUT2D eigenvalue weighted by molar-refractivity contribution is 6.73. The van der Waals surface area contributed by atoms with Crippen molar-refractivity contribution in [2.75, 3.05) is 6.61 Å². The van der Waals surface area contributed by atoms with Crippen LogP contribution in [0.3, 0.4) is 0 Å². The second-order valence-electron chi connectivity index (χ2n) is 13.7. The van der Waals surface area contributed by atoms with Crippen LogP contribution in [0, 0.1) is 11.8 Å². The molecule has 3 aliphatic heterocycles. The lowest BCUT2D eigenvalue weighted by Gasteiger charge is -2.41. The number of hydrogen-bond donors (Lipinski definition) is 0. The number of carbonyl (C=O) groups excluding carboxylic acids is 1. The van der Waals surface area contributed by atoms with Crippen LogP contribution >= 0.6 is 0 Å². The molecular formula is C36H58O8Si. The maximum atomic E-state index is 12.6. The quantitative estimate of drug-likeness (QED) is 0.110. The molecule has 1 aromatic rings. The van der Waals surface area contributed by atoms with Crippen LogP contribution < -0.4 is 0 Å². The monoisotopic (exact) mass is 646 g/mol. The van der Waals surface area contributed by atoms with Gasteiger partial charge in [-0.15, -0.1) is 0 Å². The molecule has 0 N–H and O–H groups in total. The Labute approximate surface area is 272 Å². The van der Waals surface area contributed by atoms with Gasteiger partial charge in [-0.25, -0.2) is 4.79 Å². The number of carbonyl (C=O) groups is 1. The fourth-order valence-corrected chi connectivity index (χ4v) is 10.5. The Kier molecular flexibility index (Phi) is 12.2. The highest BCUT2D eigenvalue weighted by Gasteiger charge is 2.67. The molecule has 254 valence electrons. The van der Waals surface area contributed by atoms with Gasteiger partial charge in [0.05, 0.1) is 31.5 Å². The van der Waals surface area contributed by atoms with Crippen molar-refractivity contribution in [1.29, 1.82) is 0 Å². The molecule has 8 nitrogen and oxygen atoms in total. The molecule has 45 heavy (non-hydrogen) atoms. The van der Waals surface area contributed by atoms with E-state index in [9.17, 15) is 4.79 Å². The van der Waals surface area contributed by atoms with Crippen molar-refractivity contribution < 1.29 is 37.6 Å². The summed E-state index contributed by atoms with van der Waals surface area (Å²) in [6.45, 7) is 21.6. The zero-order valence-corrected chi connectivity index (χ0v) is 30.3. The molecule has 3 heterocycles. The van der Waals surface area contributed by atoms with Crippen LogP contribution in [0.15, 0.2) is 42.0 Å². The first-order valence-corrected chi connectivity index (χ1v) is 19.8. The first kappa shape index (κ1) is 36.2. The van der Waals surface area contributed by atoms with Gasteiger partial charge in [0.2, 0.25) is 0 Å². The van der Waals surface area contributed by atoms with Gasteiger partial charge in [0.1, 0.15) is 17.8 Å². The van der Waals surface area contributed by atoms with Gasteiger partial charge in [-0.05, 0) is 70.2 Å². The van der Waals surface area contributed by atoms with Gasteiger partial charge in [-0.2, -0.15) is 0 Å². The Morgan fingerprint density at radius 3 is 2.29 bits per heavy atom. The van der Waals surface area contributed by atoms with E-state index in [-0.39, 0.29) is 48.3 Å². The molecule has 0 unspecified atom stereocenters. The highest BCUT2D eigenvalue weighted by Crippen LogP contribution is 2.52. The number of ether oxygens (including phenoxy) is 6. The first-order valence-electron chi connectivity index (χ1n) is 17.3. The molecule has 3 saturated heterocycles. The van der Waals surface area contributed by atoms with Crippen molar-refractivity contribution in [3.05, 3.63) is 47.5 Å². The molecule has 0 saturated carbocycles. The molecule has 0 aliphatic carbocycles. The largest absolute Gasteiger partial charge is 0.463 e. The fraction of sp³-hybridized carbons (Fsp3) is 0.750. The van der Waals surface area contributed by atoms with E-state index < -0.39 is 26.0 Å². The van der Waals surface area contributed by atoms with E-state index in [1.165, 1.54) is 0 Å². The predicted octanol–water partition coefficient (Wildman–Crippen LogP) is 7.56. The smallest absolute Gasteiger partial charge is 0.333 e. The van der Waals surface area contributed by atoms with Crippen LogP contribution in [0.1, 0.15) is 87.6 Å². The molecule has 9 atom stereocenters. The van der Waals surface area contributed by atoms with Gasteiger partial charge in [0.15, 0.2) is 20.4 Å². The molecule has 4 rings (SSSR count). The Balaban J connectivity index is 1.63. The summed E-state index contributed by atoms with van der Waals surface area (Å²) >= 11 is 0. The van der Waals surface area contributed by atoms with Gasteiger partial charge >= 0.3 is 5.97 Å². The molecule has 9 heteroatoms. The van der Waals surface area contributed by atoms with Gasteiger partial charge in [0, 0.05) is 11.5 Å². The van der Waals surface area contributed by atoms with E-state index in [0.717, 1.165) is 30.1 Å². The normalized spacial score (nSPS) is 32.8. The minimum atomic E-state index is -2.02. The lowest BCUT2D eigenvalue weighted by atomic mass is 9.80. The SMILES string of the molecule is CCOC(=O)/C(C)=C/[C@H](C)[C@H](O[Si](CC)(CC)CC)[C@H]1C[C@H](C)[C@H]([C@@]2(CC)O[C@H](OCc3ccccc3)[C@H]3OC(C)(C)O[C@H]32)O1. The number of esters is 1. The van der Waals surface area contributed by atoms with E-state index >= 15 is 0 Å². The zero-order chi connectivity index (χ0) is 33.0. The summed E-state index contributed by atoms with van der Waals surface area (Å²) in [5.74, 6) is -0.933. The van der Waals surface area contributed by atoms with Gasteiger partial charge in [-0.3, -0.25) is 0 Å². The van der Waals surface area contributed by atoms with Crippen LogP contribution in [0.25, 0.3) is 0 Å². The van der Waals surface area contributed by atoms with E-state index in [4.69, 9.17) is 32.8 Å². The number of benzene rings is 1. The average Bonchev–Trinajstić information content (AvgIpc) is 3.66. The van der Waals surface area contributed by atoms with Crippen molar-refractivity contribution in [2.24, 2.45) is 11.8 Å². The third-order valence-electron chi connectivity index (χ3n) is 10.3. The molecule has 0 aromatic heterocycles. The zero-order valence-electron chi connectivity index (χ0n) is 29.3. The van der Waals surface area contributed by atoms with Gasteiger partial charge in [0.25, 0.3) is 0 Å². The Morgan fingerprint density at radius 1 is 1.02 bits per heavy atom. The third-order valence-corrected chi connectivity index (χ3v) is 14.9. The van der Waals surface area contributed by atoms with Crippen LogP contribution in [-0.4, -0.2) is 69.1 Å². The summed E-state index contributed by atoms with van der Waals surface area (Å²) in [5, 5.41) is 0. The third kappa shape index (κ3) is 7.77. The molecule has 0 bridgehead atoms. The molecule has 0 amide bonds. The van der Waals surface area contributed by atoms with Crippen LogP contribution in [0.2, 0.25) is 18.1 Å². The number of fused-ring (bicyclic) bond motifs is 1. The average molecular weight is 647 g/mol. The second-order valence-corrected chi connectivity index (χ2v) is 18.4. The van der Waals surface area contributed by atoms with Crippen LogP contribution in [-0.2, 0) is 44.2 Å². The topological polar surface area (TPSA) is 81.7 Å². The molecule has 0 spiro atoms. The van der Waals surface area contributed by atoms with Crippen molar-refractivity contribution in [1.82, 2.24) is 0 Å². The molecular weight excluding hydrogens is 588 g/mol. The number of rotatable bonds is 15. The van der Waals surface area contributed by atoms with Crippen molar-refractivity contribution in [2.45, 2.75) is 155 Å². The van der Waals surface area contributed by atoms with Crippen molar-refractivity contribution in [3.8, 4) is 0 Å². The molecule has 3 fully saturated rings. The molecule has 0 radical (unpaired) electrons. The predicted molar refractivity (Wildman–Crippen MR) is 177 cm³/mol. The maximum Gasteiger partial charge on any atom is 0.333 e. The minimum Gasteiger partial charge on any atom is -0.463 e. The summed E-state index contributed by atoms with van der Waals surface area (Å²) in [6.07, 6.45) is 1.56. The lowest BCUT2D eigenvalue weighted by molar-refractivity contribution is -0.281. The summed E-state index contributed by atoms with van der Waals surface area (Å²) in [4.78, 5) is 12.6. The highest BCUT2D eigenvalue weighted by atomic mass is 28.4.